The van der Waals surface area contributed by atoms with Gasteiger partial charge in [-0.3, -0.25) is 14.6 Å². The maximum absolute atomic E-state index is 13.8. The average molecular weight is 478 g/mol. The third kappa shape index (κ3) is 4.97. The van der Waals surface area contributed by atoms with E-state index in [-0.39, 0.29) is 30.0 Å². The molecular weight excluding hydrogens is 460 g/mol. The van der Waals surface area contributed by atoms with Gasteiger partial charge in [0.1, 0.15) is 17.1 Å². The van der Waals surface area contributed by atoms with Gasteiger partial charge in [-0.1, -0.05) is 6.07 Å². The molecule has 178 valence electrons. The highest BCUT2D eigenvalue weighted by atomic mass is 19.4. The highest BCUT2D eigenvalue weighted by Gasteiger charge is 2.32. The predicted octanol–water partition coefficient (Wildman–Crippen LogP) is 2.33. The smallest absolute Gasteiger partial charge is 0.391 e. The Labute approximate surface area is 189 Å². The zero-order valence-electron chi connectivity index (χ0n) is 17.4. The maximum Gasteiger partial charge on any atom is 0.433 e. The predicted molar refractivity (Wildman–Crippen MR) is 111 cm³/mol. The SMILES string of the molecule is O=C(N[C@H]1COCC[C@H]1O)c1cc(-c2ccc(C(F)(F)F)nc2)nn(-c2cccc(F)c2)c1=O. The monoisotopic (exact) mass is 478 g/mol. The first-order valence-corrected chi connectivity index (χ1v) is 10.1. The first kappa shape index (κ1) is 23.5. The number of hydrogen-bond donors (Lipinski definition) is 2. The lowest BCUT2D eigenvalue weighted by Gasteiger charge is -2.28. The zero-order valence-corrected chi connectivity index (χ0v) is 17.4. The van der Waals surface area contributed by atoms with Gasteiger partial charge in [0.05, 0.1) is 30.1 Å². The second kappa shape index (κ2) is 9.31. The van der Waals surface area contributed by atoms with E-state index in [0.717, 1.165) is 41.2 Å². The Morgan fingerprint density at radius 3 is 2.65 bits per heavy atom. The summed E-state index contributed by atoms with van der Waals surface area (Å²) >= 11 is 0. The Bertz CT molecular complexity index is 1260. The molecule has 4 rings (SSSR count). The molecule has 1 fully saturated rings. The molecule has 0 spiro atoms. The summed E-state index contributed by atoms with van der Waals surface area (Å²) in [5, 5.41) is 16.7. The summed E-state index contributed by atoms with van der Waals surface area (Å²) in [6.45, 7) is 0.353. The second-order valence-electron chi connectivity index (χ2n) is 7.58. The fourth-order valence-electron chi connectivity index (χ4n) is 3.40. The van der Waals surface area contributed by atoms with Crippen molar-refractivity contribution in [3.8, 4) is 16.9 Å². The Kier molecular flexibility index (Phi) is 6.44. The van der Waals surface area contributed by atoms with Crippen molar-refractivity contribution in [3.05, 3.63) is 76.1 Å². The number of pyridine rings is 1. The van der Waals surface area contributed by atoms with E-state index in [1.54, 1.807) is 0 Å². The Morgan fingerprint density at radius 2 is 2.00 bits per heavy atom. The Balaban J connectivity index is 1.79. The minimum Gasteiger partial charge on any atom is -0.391 e. The van der Waals surface area contributed by atoms with Gasteiger partial charge >= 0.3 is 6.18 Å². The number of hydrogen-bond acceptors (Lipinski definition) is 6. The first-order valence-electron chi connectivity index (χ1n) is 10.1. The van der Waals surface area contributed by atoms with Crippen LogP contribution in [0.3, 0.4) is 0 Å². The summed E-state index contributed by atoms with van der Waals surface area (Å²) in [5.74, 6) is -1.52. The molecule has 1 amide bonds. The fraction of sp³-hybridized carbons (Fsp3) is 0.273. The van der Waals surface area contributed by atoms with E-state index in [4.69, 9.17) is 4.74 Å². The van der Waals surface area contributed by atoms with Crippen LogP contribution >= 0.6 is 0 Å². The van der Waals surface area contributed by atoms with Crippen molar-refractivity contribution in [1.29, 1.82) is 0 Å². The largest absolute Gasteiger partial charge is 0.433 e. The molecule has 1 aromatic carbocycles. The molecule has 2 aromatic heterocycles. The topological polar surface area (TPSA) is 106 Å². The van der Waals surface area contributed by atoms with E-state index in [9.17, 15) is 32.3 Å². The molecule has 0 unspecified atom stereocenters. The van der Waals surface area contributed by atoms with E-state index in [2.05, 4.69) is 15.4 Å². The number of nitrogens with zero attached hydrogens (tertiary/aromatic N) is 3. The molecule has 8 nitrogen and oxygen atoms in total. The molecule has 0 bridgehead atoms. The Morgan fingerprint density at radius 1 is 1.21 bits per heavy atom. The fourth-order valence-corrected chi connectivity index (χ4v) is 3.40. The van der Waals surface area contributed by atoms with Crippen LogP contribution < -0.4 is 10.9 Å². The van der Waals surface area contributed by atoms with Crippen LogP contribution in [0.2, 0.25) is 0 Å². The number of ether oxygens (including phenoxy) is 1. The van der Waals surface area contributed by atoms with Gasteiger partial charge < -0.3 is 15.2 Å². The van der Waals surface area contributed by atoms with Crippen molar-refractivity contribution in [3.63, 3.8) is 0 Å². The molecule has 12 heteroatoms. The number of rotatable bonds is 4. The zero-order chi connectivity index (χ0) is 24.5. The van der Waals surface area contributed by atoms with Crippen molar-refractivity contribution in [1.82, 2.24) is 20.1 Å². The minimum atomic E-state index is -4.65. The van der Waals surface area contributed by atoms with Crippen molar-refractivity contribution < 1.29 is 32.2 Å². The Hall–Kier alpha value is -3.64. The van der Waals surface area contributed by atoms with Gasteiger partial charge in [-0.2, -0.15) is 23.0 Å². The molecule has 1 saturated heterocycles. The first-order chi connectivity index (χ1) is 16.1. The lowest BCUT2D eigenvalue weighted by Crippen LogP contribution is -2.50. The molecular formula is C22H18F4N4O4. The molecule has 1 aliphatic rings. The molecule has 3 aromatic rings. The van der Waals surface area contributed by atoms with Crippen LogP contribution in [0.15, 0.2) is 53.5 Å². The molecule has 2 N–H and O–H groups in total. The van der Waals surface area contributed by atoms with Crippen LogP contribution in [0.4, 0.5) is 17.6 Å². The van der Waals surface area contributed by atoms with Gasteiger partial charge in [-0.25, -0.2) is 4.39 Å². The normalized spacial score (nSPS) is 18.5. The van der Waals surface area contributed by atoms with E-state index < -0.39 is 46.9 Å². The number of amides is 1. The van der Waals surface area contributed by atoms with Gasteiger partial charge in [-0.15, -0.1) is 0 Å². The highest BCUT2D eigenvalue weighted by Crippen LogP contribution is 2.28. The number of benzene rings is 1. The molecule has 3 heterocycles. The van der Waals surface area contributed by atoms with E-state index in [0.29, 0.717) is 6.61 Å². The third-order valence-corrected chi connectivity index (χ3v) is 5.19. The van der Waals surface area contributed by atoms with Crippen LogP contribution in [-0.2, 0) is 10.9 Å². The number of alkyl halides is 3. The number of carbonyl (C=O) groups excluding carboxylic acids is 1. The number of aromatic nitrogens is 3. The molecule has 0 aliphatic carbocycles. The third-order valence-electron chi connectivity index (χ3n) is 5.19. The number of carbonyl (C=O) groups is 1. The van der Waals surface area contributed by atoms with Gasteiger partial charge in [-0.05, 0) is 42.8 Å². The van der Waals surface area contributed by atoms with Crippen molar-refractivity contribution in [2.24, 2.45) is 0 Å². The van der Waals surface area contributed by atoms with E-state index >= 15 is 0 Å². The summed E-state index contributed by atoms with van der Waals surface area (Å²) in [6, 6.07) is 7.05. The summed E-state index contributed by atoms with van der Waals surface area (Å²) in [6.07, 6.45) is -4.34. The van der Waals surface area contributed by atoms with Gasteiger partial charge in [0.15, 0.2) is 0 Å². The van der Waals surface area contributed by atoms with Crippen LogP contribution in [0.5, 0.6) is 0 Å². The average Bonchev–Trinajstić information content (AvgIpc) is 2.80. The molecule has 0 saturated carbocycles. The van der Waals surface area contributed by atoms with E-state index in [1.165, 1.54) is 12.1 Å². The van der Waals surface area contributed by atoms with Gasteiger partial charge in [0.25, 0.3) is 11.5 Å². The molecule has 0 radical (unpaired) electrons. The summed E-state index contributed by atoms with van der Waals surface area (Å²) in [4.78, 5) is 29.4. The molecule has 2 atom stereocenters. The lowest BCUT2D eigenvalue weighted by molar-refractivity contribution is -0.141. The van der Waals surface area contributed by atoms with Crippen molar-refractivity contribution in [2.45, 2.75) is 24.7 Å². The number of nitrogens with one attached hydrogen (secondary N) is 1. The van der Waals surface area contributed by atoms with E-state index in [1.807, 2.05) is 0 Å². The quantitative estimate of drug-likeness (QED) is 0.558. The van der Waals surface area contributed by atoms with Crippen molar-refractivity contribution >= 4 is 5.91 Å². The van der Waals surface area contributed by atoms with Crippen LogP contribution in [0, 0.1) is 5.82 Å². The number of aliphatic hydroxyl groups is 1. The van der Waals surface area contributed by atoms with Gasteiger partial charge in [0.2, 0.25) is 0 Å². The number of aliphatic hydroxyl groups excluding tert-OH is 1. The second-order valence-corrected chi connectivity index (χ2v) is 7.58. The molecule has 34 heavy (non-hydrogen) atoms. The molecule has 1 aliphatic heterocycles. The van der Waals surface area contributed by atoms with Crippen LogP contribution in [0.25, 0.3) is 16.9 Å². The highest BCUT2D eigenvalue weighted by molar-refractivity contribution is 5.95. The van der Waals surface area contributed by atoms with Crippen molar-refractivity contribution in [2.75, 3.05) is 13.2 Å². The minimum absolute atomic E-state index is 0.00167. The standard InChI is InChI=1S/C22H18F4N4O4/c23-13-2-1-3-14(8-13)30-21(33)15(20(32)28-17-11-34-7-6-18(17)31)9-16(29-30)12-4-5-19(27-10-12)22(24,25)26/h1-5,8-10,17-18,31H,6-7,11H2,(H,28,32)/t17-,18+/m0/s1. The summed E-state index contributed by atoms with van der Waals surface area (Å²) < 4.78 is 58.5. The van der Waals surface area contributed by atoms with Crippen LogP contribution in [0.1, 0.15) is 22.5 Å². The van der Waals surface area contributed by atoms with Gasteiger partial charge in [0, 0.05) is 18.4 Å². The lowest BCUT2D eigenvalue weighted by atomic mass is 10.1. The summed E-state index contributed by atoms with van der Waals surface area (Å²) in [5.41, 5.74) is -2.38. The maximum atomic E-state index is 13.8. The van der Waals surface area contributed by atoms with Crippen LogP contribution in [-0.4, -0.2) is 51.1 Å². The number of halogens is 4. The summed E-state index contributed by atoms with van der Waals surface area (Å²) in [7, 11) is 0.